The average molecular weight is 324 g/mol. The number of nitro groups is 1. The molecule has 2 aromatic rings. The molecule has 0 saturated carbocycles. The van der Waals surface area contributed by atoms with E-state index in [9.17, 15) is 18.9 Å². The molecule has 0 saturated heterocycles. The zero-order chi connectivity index (χ0) is 16.8. The first kappa shape index (κ1) is 16.6. The summed E-state index contributed by atoms with van der Waals surface area (Å²) < 4.78 is 29.2. The van der Waals surface area contributed by atoms with Gasteiger partial charge in [0.2, 0.25) is 0 Å². The van der Waals surface area contributed by atoms with Crippen LogP contribution in [-0.4, -0.2) is 16.6 Å². The highest BCUT2D eigenvalue weighted by atomic mass is 19.3. The van der Waals surface area contributed by atoms with Crippen LogP contribution < -0.4 is 10.1 Å². The third kappa shape index (κ3) is 4.62. The summed E-state index contributed by atoms with van der Waals surface area (Å²) in [7, 11) is 0. The Kier molecular flexibility index (Phi) is 5.42. The second-order valence-electron chi connectivity index (χ2n) is 4.64. The lowest BCUT2D eigenvalue weighted by atomic mass is 10.1. The van der Waals surface area contributed by atoms with Crippen LogP contribution in [0.2, 0.25) is 0 Å². The van der Waals surface area contributed by atoms with E-state index in [2.05, 4.69) is 10.1 Å². The number of nitrogens with one attached hydrogen (secondary N) is 1. The molecule has 6 nitrogen and oxygen atoms in total. The Morgan fingerprint density at radius 3 is 2.39 bits per heavy atom. The van der Waals surface area contributed by atoms with Crippen LogP contribution in [0.25, 0.3) is 0 Å². The van der Waals surface area contributed by atoms with Gasteiger partial charge in [-0.05, 0) is 17.2 Å². The van der Waals surface area contributed by atoms with Gasteiger partial charge in [-0.15, -0.1) is 0 Å². The van der Waals surface area contributed by atoms with Crippen molar-refractivity contribution in [3.8, 4) is 5.75 Å². The van der Waals surface area contributed by atoms with Crippen molar-refractivity contribution in [2.45, 2.75) is 19.8 Å². The fourth-order valence-electron chi connectivity index (χ4n) is 1.93. The number of aliphatic hydroxyl groups is 1. The Labute approximate surface area is 130 Å². The molecule has 122 valence electrons. The Morgan fingerprint density at radius 1 is 1.17 bits per heavy atom. The minimum Gasteiger partial charge on any atom is -0.433 e. The minimum atomic E-state index is -3.03. The molecule has 8 heteroatoms. The molecular formula is C15H14F2N2O4. The molecule has 0 spiro atoms. The Bertz CT molecular complexity index is 678. The van der Waals surface area contributed by atoms with Crippen molar-refractivity contribution in [2.75, 3.05) is 5.32 Å². The van der Waals surface area contributed by atoms with Crippen molar-refractivity contribution in [3.63, 3.8) is 0 Å². The summed E-state index contributed by atoms with van der Waals surface area (Å²) in [6.07, 6.45) is 0. The molecule has 0 amide bonds. The van der Waals surface area contributed by atoms with Gasteiger partial charge < -0.3 is 15.2 Å². The summed E-state index contributed by atoms with van der Waals surface area (Å²) in [5, 5.41) is 22.6. The number of anilines is 1. The van der Waals surface area contributed by atoms with Gasteiger partial charge in [0.25, 0.3) is 5.69 Å². The summed E-state index contributed by atoms with van der Waals surface area (Å²) in [4.78, 5) is 10.2. The topological polar surface area (TPSA) is 84.6 Å². The van der Waals surface area contributed by atoms with Crippen LogP contribution in [0, 0.1) is 10.1 Å². The van der Waals surface area contributed by atoms with Crippen molar-refractivity contribution >= 4 is 11.4 Å². The maximum Gasteiger partial charge on any atom is 0.387 e. The molecule has 23 heavy (non-hydrogen) atoms. The highest BCUT2D eigenvalue weighted by Gasteiger charge is 2.14. The molecule has 0 aromatic heterocycles. The van der Waals surface area contributed by atoms with Crippen molar-refractivity contribution in [1.82, 2.24) is 0 Å². The number of rotatable bonds is 7. The van der Waals surface area contributed by atoms with E-state index in [0.717, 1.165) is 29.3 Å². The molecule has 0 heterocycles. The molecule has 0 atom stereocenters. The van der Waals surface area contributed by atoms with Crippen LogP contribution in [0.15, 0.2) is 42.5 Å². The summed E-state index contributed by atoms with van der Waals surface area (Å²) in [6.45, 7) is -2.85. The highest BCUT2D eigenvalue weighted by Crippen LogP contribution is 2.30. The van der Waals surface area contributed by atoms with Gasteiger partial charge in [0.05, 0.1) is 17.2 Å². The van der Waals surface area contributed by atoms with E-state index in [4.69, 9.17) is 5.11 Å². The number of non-ortho nitro benzene ring substituents is 1. The van der Waals surface area contributed by atoms with Gasteiger partial charge in [0.1, 0.15) is 5.75 Å². The highest BCUT2D eigenvalue weighted by molar-refractivity contribution is 5.61. The van der Waals surface area contributed by atoms with Crippen LogP contribution in [0.1, 0.15) is 11.1 Å². The van der Waals surface area contributed by atoms with E-state index in [-0.39, 0.29) is 30.3 Å². The van der Waals surface area contributed by atoms with Crippen LogP contribution >= 0.6 is 0 Å². The molecule has 0 aliphatic rings. The van der Waals surface area contributed by atoms with Crippen molar-refractivity contribution in [2.24, 2.45) is 0 Å². The maximum atomic E-state index is 12.4. The number of hydrogen-bond donors (Lipinski definition) is 2. The zero-order valence-corrected chi connectivity index (χ0v) is 11.9. The fraction of sp³-hybridized carbons (Fsp3) is 0.200. The lowest BCUT2D eigenvalue weighted by Crippen LogP contribution is -2.07. The summed E-state index contributed by atoms with van der Waals surface area (Å²) >= 11 is 0. The lowest BCUT2D eigenvalue weighted by Gasteiger charge is -2.13. The summed E-state index contributed by atoms with van der Waals surface area (Å²) in [6, 6.07) is 10.3. The third-order valence-corrected chi connectivity index (χ3v) is 3.08. The van der Waals surface area contributed by atoms with Gasteiger partial charge in [0.15, 0.2) is 0 Å². The Balaban J connectivity index is 2.17. The quantitative estimate of drug-likeness (QED) is 0.603. The monoisotopic (exact) mass is 324 g/mol. The minimum absolute atomic E-state index is 0.0784. The predicted molar refractivity (Wildman–Crippen MR) is 79.4 cm³/mol. The predicted octanol–water partition coefficient (Wildman–Crippen LogP) is 3.30. The molecule has 0 aliphatic heterocycles. The number of nitro benzene ring substituents is 1. The van der Waals surface area contributed by atoms with E-state index in [0.29, 0.717) is 0 Å². The smallest absolute Gasteiger partial charge is 0.387 e. The largest absolute Gasteiger partial charge is 0.433 e. The van der Waals surface area contributed by atoms with Crippen LogP contribution in [0.3, 0.4) is 0 Å². The van der Waals surface area contributed by atoms with Crippen LogP contribution in [0.4, 0.5) is 20.2 Å². The number of halogens is 2. The van der Waals surface area contributed by atoms with Gasteiger partial charge in [-0.25, -0.2) is 0 Å². The van der Waals surface area contributed by atoms with Crippen molar-refractivity contribution < 1.29 is 23.5 Å². The van der Waals surface area contributed by atoms with Gasteiger partial charge in [-0.3, -0.25) is 10.1 Å². The standard InChI is InChI=1S/C15H14F2N2O4/c16-15(17)23-14-6-5-12(19(21)22)7-13(14)18-8-10-1-3-11(9-20)4-2-10/h1-7,15,18,20H,8-9H2. The molecule has 0 bridgehead atoms. The number of alkyl halides is 2. The fourth-order valence-corrected chi connectivity index (χ4v) is 1.93. The lowest BCUT2D eigenvalue weighted by molar-refractivity contribution is -0.384. The van der Waals surface area contributed by atoms with Gasteiger partial charge in [-0.1, -0.05) is 24.3 Å². The Morgan fingerprint density at radius 2 is 1.83 bits per heavy atom. The molecular weight excluding hydrogens is 310 g/mol. The first-order valence-corrected chi connectivity index (χ1v) is 6.65. The normalized spacial score (nSPS) is 10.6. The molecule has 2 aromatic carbocycles. The third-order valence-electron chi connectivity index (χ3n) is 3.08. The second-order valence-corrected chi connectivity index (χ2v) is 4.64. The molecule has 2 rings (SSSR count). The van der Waals surface area contributed by atoms with E-state index >= 15 is 0 Å². The maximum absolute atomic E-state index is 12.4. The number of aliphatic hydroxyl groups excluding tert-OH is 1. The molecule has 0 radical (unpaired) electrons. The van der Waals surface area contributed by atoms with Crippen LogP contribution in [0.5, 0.6) is 5.75 Å². The van der Waals surface area contributed by atoms with E-state index < -0.39 is 11.5 Å². The van der Waals surface area contributed by atoms with Crippen molar-refractivity contribution in [3.05, 3.63) is 63.7 Å². The number of ether oxygens (including phenoxy) is 1. The van der Waals surface area contributed by atoms with E-state index in [1.54, 1.807) is 24.3 Å². The number of hydrogen-bond acceptors (Lipinski definition) is 5. The molecule has 0 aliphatic carbocycles. The molecule has 2 N–H and O–H groups in total. The number of nitrogens with zero attached hydrogens (tertiary/aromatic N) is 1. The van der Waals surface area contributed by atoms with E-state index in [1.165, 1.54) is 0 Å². The summed E-state index contributed by atoms with van der Waals surface area (Å²) in [5.74, 6) is -0.169. The van der Waals surface area contributed by atoms with E-state index in [1.807, 2.05) is 0 Å². The van der Waals surface area contributed by atoms with Gasteiger partial charge in [-0.2, -0.15) is 8.78 Å². The zero-order valence-electron chi connectivity index (χ0n) is 11.9. The SMILES string of the molecule is O=[N+]([O-])c1ccc(OC(F)F)c(NCc2ccc(CO)cc2)c1. The van der Waals surface area contributed by atoms with Gasteiger partial charge in [0, 0.05) is 18.7 Å². The van der Waals surface area contributed by atoms with Crippen molar-refractivity contribution in [1.29, 1.82) is 0 Å². The number of benzene rings is 2. The molecule has 0 fully saturated rings. The summed E-state index contributed by atoms with van der Waals surface area (Å²) in [5.41, 5.74) is 1.43. The first-order valence-electron chi connectivity index (χ1n) is 6.65. The second kappa shape index (κ2) is 7.50. The molecule has 0 unspecified atom stereocenters. The Hall–Kier alpha value is -2.74. The van der Waals surface area contributed by atoms with Gasteiger partial charge >= 0.3 is 6.61 Å². The van der Waals surface area contributed by atoms with Crippen LogP contribution in [-0.2, 0) is 13.2 Å². The average Bonchev–Trinajstić information content (AvgIpc) is 2.53. The first-order chi connectivity index (χ1) is 11.0.